The van der Waals surface area contributed by atoms with Gasteiger partial charge < -0.3 is 0 Å². The first-order valence-electron chi connectivity index (χ1n) is 1.32. The van der Waals surface area contributed by atoms with E-state index in [1.54, 1.807) is 0 Å². The van der Waals surface area contributed by atoms with Crippen LogP contribution in [0.15, 0.2) is 0 Å². The van der Waals surface area contributed by atoms with E-state index in [2.05, 4.69) is 4.18 Å². The number of halogens is 3. The van der Waals surface area contributed by atoms with E-state index in [-0.39, 0.29) is 17.1 Å². The van der Waals surface area contributed by atoms with Crippen LogP contribution in [0.25, 0.3) is 0 Å². The molecule has 0 aromatic rings. The van der Waals surface area contributed by atoms with Gasteiger partial charge in [0.1, 0.15) is 0 Å². The summed E-state index contributed by atoms with van der Waals surface area (Å²) in [5.74, 6) is 0. The second-order valence-electron chi connectivity index (χ2n) is 0.761. The first-order valence-corrected chi connectivity index (χ1v) is 2.41. The van der Waals surface area contributed by atoms with E-state index in [0.29, 0.717) is 0 Å². The maximum Gasteiger partial charge on any atom is 0.537 e. The van der Waals surface area contributed by atoms with Gasteiger partial charge in [0, 0.05) is 17.1 Å². The topological polar surface area (TPSA) is 43.4 Å². The van der Waals surface area contributed by atoms with Crippen molar-refractivity contribution in [1.29, 1.82) is 0 Å². The van der Waals surface area contributed by atoms with E-state index < -0.39 is 17.3 Å². The van der Waals surface area contributed by atoms with Crippen molar-refractivity contribution in [2.75, 3.05) is 0 Å². The van der Waals surface area contributed by atoms with Gasteiger partial charge in [-0.2, -0.15) is 4.18 Å². The summed E-state index contributed by atoms with van der Waals surface area (Å²) in [4.78, 5) is 0. The van der Waals surface area contributed by atoms with Gasteiger partial charge in [-0.15, -0.1) is 13.2 Å². The summed E-state index contributed by atoms with van der Waals surface area (Å²) in [6.07, 6.45) is -5.07. The summed E-state index contributed by atoms with van der Waals surface area (Å²) in [6.45, 7) is 0. The van der Waals surface area contributed by atoms with E-state index in [1.165, 1.54) is 0 Å². The van der Waals surface area contributed by atoms with Crippen LogP contribution in [0.2, 0.25) is 0 Å². The minimum atomic E-state index is -5.07. The molecule has 0 amide bonds. The molecule has 0 rings (SSSR count). The number of alkyl halides is 3. The largest absolute Gasteiger partial charge is 0.537 e. The van der Waals surface area contributed by atoms with Crippen molar-refractivity contribution in [1.82, 2.24) is 0 Å². The third-order valence-electron chi connectivity index (χ3n) is 0.178. The van der Waals surface area contributed by atoms with Gasteiger partial charge in [0.2, 0.25) is 0 Å². The van der Waals surface area contributed by atoms with Gasteiger partial charge in [-0.1, -0.05) is 0 Å². The van der Waals surface area contributed by atoms with E-state index in [9.17, 15) is 13.2 Å². The normalized spacial score (nSPS) is 11.1. The van der Waals surface area contributed by atoms with Crippen molar-refractivity contribution in [3.8, 4) is 0 Å². The van der Waals surface area contributed by atoms with Crippen LogP contribution in [0, 0.1) is 0 Å². The van der Waals surface area contributed by atoms with Crippen molar-refractivity contribution < 1.29 is 42.8 Å². The smallest absolute Gasteiger partial charge is 0.202 e. The molecular weight excluding hydrogens is 213 g/mol. The first kappa shape index (κ1) is 12.0. The maximum absolute atomic E-state index is 10.7. The standard InChI is InChI=1S/CHF3O3S.Cu/c2-1(3,4)7-8(5)6;/h8H;. The number of hydrogen-bond acceptors (Lipinski definition) is 3. The zero-order valence-corrected chi connectivity index (χ0v) is 5.44. The number of rotatable bonds is 1. The summed E-state index contributed by atoms with van der Waals surface area (Å²) in [6, 6.07) is 0. The van der Waals surface area contributed by atoms with Crippen molar-refractivity contribution in [3.63, 3.8) is 0 Å². The van der Waals surface area contributed by atoms with Crippen LogP contribution in [0.5, 0.6) is 0 Å². The molecule has 0 aliphatic rings. The molecule has 8 heteroatoms. The molecule has 61 valence electrons. The molecular formula is CHCuF3O3S. The monoisotopic (exact) mass is 213 g/mol. The SMILES string of the molecule is O=[SH](=O)OC(F)(F)F.[Cu]. The fourth-order valence-corrected chi connectivity index (χ4v) is 0.254. The van der Waals surface area contributed by atoms with Crippen molar-refractivity contribution in [2.45, 2.75) is 6.36 Å². The second kappa shape index (κ2) is 4.10. The first-order chi connectivity index (χ1) is 3.42. The predicted octanol–water partition coefficient (Wildman–Crippen LogP) is 0.0467. The maximum atomic E-state index is 10.7. The summed E-state index contributed by atoms with van der Waals surface area (Å²) in [7, 11) is -3.81. The minimum absolute atomic E-state index is 0. The molecule has 0 heterocycles. The molecule has 0 aromatic carbocycles. The number of hydrogen-bond donors (Lipinski definition) is 1. The van der Waals surface area contributed by atoms with E-state index in [1.807, 2.05) is 0 Å². The predicted molar refractivity (Wildman–Crippen MR) is 17.5 cm³/mol. The van der Waals surface area contributed by atoms with Gasteiger partial charge in [0.05, 0.1) is 0 Å². The second-order valence-corrected chi connectivity index (χ2v) is 1.39. The fourth-order valence-electron chi connectivity index (χ4n) is 0.0845. The van der Waals surface area contributed by atoms with Crippen molar-refractivity contribution in [2.24, 2.45) is 0 Å². The molecule has 0 bridgehead atoms. The Morgan fingerprint density at radius 1 is 1.22 bits per heavy atom. The molecule has 9 heavy (non-hydrogen) atoms. The van der Waals surface area contributed by atoms with E-state index >= 15 is 0 Å². The Morgan fingerprint density at radius 3 is 1.56 bits per heavy atom. The van der Waals surface area contributed by atoms with Gasteiger partial charge in [0.15, 0.2) is 0 Å². The molecule has 0 unspecified atom stereocenters. The molecule has 0 aromatic heterocycles. The van der Waals surface area contributed by atoms with Crippen LogP contribution in [0.1, 0.15) is 0 Å². The van der Waals surface area contributed by atoms with Crippen LogP contribution in [0.3, 0.4) is 0 Å². The zero-order chi connectivity index (χ0) is 6.78. The molecule has 0 aliphatic carbocycles. The fraction of sp³-hybridized carbons (Fsp3) is 1.00. The van der Waals surface area contributed by atoms with Crippen LogP contribution in [-0.4, -0.2) is 14.8 Å². The number of thiol groups is 1. The molecule has 0 saturated heterocycles. The average molecular weight is 214 g/mol. The molecule has 3 nitrogen and oxygen atoms in total. The van der Waals surface area contributed by atoms with Gasteiger partial charge in [-0.3, -0.25) is 0 Å². The van der Waals surface area contributed by atoms with Crippen molar-refractivity contribution in [3.05, 3.63) is 0 Å². The molecule has 0 saturated carbocycles. The van der Waals surface area contributed by atoms with Crippen molar-refractivity contribution >= 4 is 11.0 Å². The van der Waals surface area contributed by atoms with Crippen LogP contribution in [-0.2, 0) is 32.2 Å². The van der Waals surface area contributed by atoms with Gasteiger partial charge >= 0.3 is 6.36 Å². The Morgan fingerprint density at radius 2 is 1.56 bits per heavy atom. The summed E-state index contributed by atoms with van der Waals surface area (Å²) in [5.41, 5.74) is 0. The zero-order valence-electron chi connectivity index (χ0n) is 3.61. The molecule has 0 N–H and O–H groups in total. The van der Waals surface area contributed by atoms with Crippen LogP contribution in [0.4, 0.5) is 13.2 Å². The minimum Gasteiger partial charge on any atom is -0.202 e. The molecule has 1 radical (unpaired) electrons. The van der Waals surface area contributed by atoms with Gasteiger partial charge in [-0.05, 0) is 0 Å². The third kappa shape index (κ3) is 11.7. The van der Waals surface area contributed by atoms with Gasteiger partial charge in [0.25, 0.3) is 11.0 Å². The Hall–Kier alpha value is 0.219. The van der Waals surface area contributed by atoms with Gasteiger partial charge in [-0.25, -0.2) is 8.42 Å². The molecule has 0 aliphatic heterocycles. The molecule has 0 atom stereocenters. The van der Waals surface area contributed by atoms with Crippen LogP contribution < -0.4 is 0 Å². The summed E-state index contributed by atoms with van der Waals surface area (Å²) < 4.78 is 52.7. The quantitative estimate of drug-likeness (QED) is 0.494. The van der Waals surface area contributed by atoms with E-state index in [4.69, 9.17) is 8.42 Å². The average Bonchev–Trinajstić information content (AvgIpc) is 1.21. The third-order valence-corrected chi connectivity index (χ3v) is 0.534. The molecule has 0 spiro atoms. The Balaban J connectivity index is 0. The Bertz CT molecular complexity index is 130. The summed E-state index contributed by atoms with van der Waals surface area (Å²) >= 11 is 0. The Kier molecular flexibility index (Phi) is 5.45. The van der Waals surface area contributed by atoms with Crippen LogP contribution >= 0.6 is 0 Å². The van der Waals surface area contributed by atoms with E-state index in [0.717, 1.165) is 0 Å². The summed E-state index contributed by atoms with van der Waals surface area (Å²) in [5, 5.41) is 0. The molecule has 0 fully saturated rings. The Labute approximate surface area is 60.8 Å².